The molecule has 0 radical (unpaired) electrons. The van der Waals surface area contributed by atoms with E-state index >= 15 is 0 Å². The zero-order valence-electron chi connectivity index (χ0n) is 9.48. The predicted octanol–water partition coefficient (Wildman–Crippen LogP) is -1.82. The summed E-state index contributed by atoms with van der Waals surface area (Å²) < 4.78 is 23.3. The number of nitrogens with zero attached hydrogens (tertiary/aromatic N) is 1. The highest BCUT2D eigenvalue weighted by molar-refractivity contribution is 7.92. The van der Waals surface area contributed by atoms with E-state index in [1.54, 1.807) is 4.90 Å². The molecule has 0 spiro atoms. The first-order valence-electron chi connectivity index (χ1n) is 5.40. The maximum atomic E-state index is 11.9. The van der Waals surface area contributed by atoms with Crippen molar-refractivity contribution in [2.24, 2.45) is 5.73 Å². The topological polar surface area (TPSA) is 92.5 Å². The first kappa shape index (κ1) is 13.4. The van der Waals surface area contributed by atoms with Crippen LogP contribution in [-0.2, 0) is 14.6 Å². The van der Waals surface area contributed by atoms with Crippen LogP contribution in [0.2, 0.25) is 0 Å². The standard InChI is InChI=1S/C9H19N3O3S/c1-8(16(14,15)7-2-10)9(13)12-5-3-11-4-6-12/h8,11H,2-7,10H2,1H3. The molecule has 0 bridgehead atoms. The fourth-order valence-corrected chi connectivity index (χ4v) is 2.78. The average molecular weight is 249 g/mol. The van der Waals surface area contributed by atoms with Crippen LogP contribution in [0.4, 0.5) is 0 Å². The number of nitrogens with one attached hydrogen (secondary N) is 1. The van der Waals surface area contributed by atoms with Crippen LogP contribution in [0.25, 0.3) is 0 Å². The van der Waals surface area contributed by atoms with Crippen LogP contribution in [0.5, 0.6) is 0 Å². The number of hydrogen-bond donors (Lipinski definition) is 2. The Morgan fingerprint density at radius 3 is 2.50 bits per heavy atom. The Hall–Kier alpha value is -0.660. The van der Waals surface area contributed by atoms with Crippen LogP contribution in [-0.4, -0.2) is 63.0 Å². The second-order valence-corrected chi connectivity index (χ2v) is 6.31. The highest BCUT2D eigenvalue weighted by atomic mass is 32.2. The third-order valence-electron chi connectivity index (χ3n) is 2.72. The summed E-state index contributed by atoms with van der Waals surface area (Å²) >= 11 is 0. The molecule has 0 aromatic rings. The van der Waals surface area contributed by atoms with Gasteiger partial charge < -0.3 is 16.0 Å². The second kappa shape index (κ2) is 5.60. The molecule has 1 heterocycles. The number of hydrogen-bond acceptors (Lipinski definition) is 5. The molecular formula is C9H19N3O3S. The fraction of sp³-hybridized carbons (Fsp3) is 0.889. The van der Waals surface area contributed by atoms with Crippen LogP contribution in [0, 0.1) is 0 Å². The van der Waals surface area contributed by atoms with Gasteiger partial charge in [-0.1, -0.05) is 0 Å². The monoisotopic (exact) mass is 249 g/mol. The number of piperazine rings is 1. The number of nitrogens with two attached hydrogens (primary N) is 1. The van der Waals surface area contributed by atoms with E-state index in [4.69, 9.17) is 5.73 Å². The molecule has 6 nitrogen and oxygen atoms in total. The first-order chi connectivity index (χ1) is 7.49. The van der Waals surface area contributed by atoms with Gasteiger partial charge in [-0.25, -0.2) is 8.42 Å². The minimum atomic E-state index is -3.40. The van der Waals surface area contributed by atoms with Gasteiger partial charge in [0.1, 0.15) is 5.25 Å². The summed E-state index contributed by atoms with van der Waals surface area (Å²) in [6.45, 7) is 4.07. The summed E-state index contributed by atoms with van der Waals surface area (Å²) in [5.41, 5.74) is 5.22. The van der Waals surface area contributed by atoms with Gasteiger partial charge in [0, 0.05) is 32.7 Å². The van der Waals surface area contributed by atoms with Crippen molar-refractivity contribution in [3.05, 3.63) is 0 Å². The predicted molar refractivity (Wildman–Crippen MR) is 61.8 cm³/mol. The van der Waals surface area contributed by atoms with Crippen molar-refractivity contribution >= 4 is 15.7 Å². The zero-order chi connectivity index (χ0) is 12.2. The van der Waals surface area contributed by atoms with E-state index in [1.807, 2.05) is 0 Å². The lowest BCUT2D eigenvalue weighted by molar-refractivity contribution is -0.130. The van der Waals surface area contributed by atoms with Crippen LogP contribution >= 0.6 is 0 Å². The largest absolute Gasteiger partial charge is 0.339 e. The van der Waals surface area contributed by atoms with Gasteiger partial charge in [0.05, 0.1) is 5.75 Å². The molecule has 0 aliphatic carbocycles. The lowest BCUT2D eigenvalue weighted by Gasteiger charge is -2.29. The van der Waals surface area contributed by atoms with Gasteiger partial charge in [-0.15, -0.1) is 0 Å². The maximum Gasteiger partial charge on any atom is 0.240 e. The molecule has 1 amide bonds. The number of carbonyl (C=O) groups excluding carboxylic acids is 1. The molecular weight excluding hydrogens is 230 g/mol. The number of rotatable bonds is 4. The molecule has 7 heteroatoms. The summed E-state index contributed by atoms with van der Waals surface area (Å²) in [7, 11) is -3.40. The van der Waals surface area contributed by atoms with Crippen molar-refractivity contribution in [2.45, 2.75) is 12.2 Å². The molecule has 1 saturated heterocycles. The van der Waals surface area contributed by atoms with E-state index < -0.39 is 15.1 Å². The lowest BCUT2D eigenvalue weighted by atomic mass is 10.3. The Morgan fingerprint density at radius 2 is 2.00 bits per heavy atom. The number of sulfone groups is 1. The molecule has 1 rings (SSSR count). The zero-order valence-corrected chi connectivity index (χ0v) is 10.3. The maximum absolute atomic E-state index is 11.9. The average Bonchev–Trinajstić information content (AvgIpc) is 2.28. The Morgan fingerprint density at radius 1 is 1.44 bits per heavy atom. The second-order valence-electron chi connectivity index (χ2n) is 3.87. The minimum absolute atomic E-state index is 0.0571. The highest BCUT2D eigenvalue weighted by Gasteiger charge is 2.31. The molecule has 1 aliphatic heterocycles. The Bertz CT molecular complexity index is 336. The summed E-state index contributed by atoms with van der Waals surface area (Å²) in [6, 6.07) is 0. The molecule has 0 saturated carbocycles. The van der Waals surface area contributed by atoms with E-state index in [0.29, 0.717) is 13.1 Å². The normalized spacial score (nSPS) is 19.5. The smallest absolute Gasteiger partial charge is 0.240 e. The Balaban J connectivity index is 2.65. The quantitative estimate of drug-likeness (QED) is 0.612. The van der Waals surface area contributed by atoms with Gasteiger partial charge in [0.15, 0.2) is 9.84 Å². The highest BCUT2D eigenvalue weighted by Crippen LogP contribution is 2.07. The SMILES string of the molecule is CC(C(=O)N1CCNCC1)S(=O)(=O)CCN. The lowest BCUT2D eigenvalue weighted by Crippen LogP contribution is -2.51. The van der Waals surface area contributed by atoms with Crippen LogP contribution in [0.3, 0.4) is 0 Å². The molecule has 1 atom stereocenters. The Labute approximate surface area is 96.1 Å². The van der Waals surface area contributed by atoms with E-state index in [1.165, 1.54) is 6.92 Å². The van der Waals surface area contributed by atoms with E-state index in [0.717, 1.165) is 13.1 Å². The first-order valence-corrected chi connectivity index (χ1v) is 7.11. The van der Waals surface area contributed by atoms with Crippen molar-refractivity contribution in [1.82, 2.24) is 10.2 Å². The molecule has 1 unspecified atom stereocenters. The molecule has 16 heavy (non-hydrogen) atoms. The van der Waals surface area contributed by atoms with Crippen LogP contribution < -0.4 is 11.1 Å². The van der Waals surface area contributed by atoms with Gasteiger partial charge in [0.2, 0.25) is 5.91 Å². The summed E-state index contributed by atoms with van der Waals surface area (Å²) in [5, 5.41) is 2.13. The summed E-state index contributed by atoms with van der Waals surface area (Å²) in [6.07, 6.45) is 0. The molecule has 1 fully saturated rings. The minimum Gasteiger partial charge on any atom is -0.339 e. The molecule has 3 N–H and O–H groups in total. The van der Waals surface area contributed by atoms with E-state index in [9.17, 15) is 13.2 Å². The van der Waals surface area contributed by atoms with Gasteiger partial charge >= 0.3 is 0 Å². The number of carbonyl (C=O) groups is 1. The third kappa shape index (κ3) is 3.16. The summed E-state index contributed by atoms with van der Waals surface area (Å²) in [5.74, 6) is -0.443. The molecule has 1 aliphatic rings. The summed E-state index contributed by atoms with van der Waals surface area (Å²) in [4.78, 5) is 13.5. The fourth-order valence-electron chi connectivity index (χ4n) is 1.64. The van der Waals surface area contributed by atoms with Crippen molar-refractivity contribution in [3.63, 3.8) is 0 Å². The molecule has 0 aromatic heterocycles. The van der Waals surface area contributed by atoms with Gasteiger partial charge in [-0.05, 0) is 6.92 Å². The van der Waals surface area contributed by atoms with Crippen molar-refractivity contribution in [2.75, 3.05) is 38.5 Å². The Kier molecular flexibility index (Phi) is 4.69. The molecule has 94 valence electrons. The van der Waals surface area contributed by atoms with Crippen molar-refractivity contribution < 1.29 is 13.2 Å². The van der Waals surface area contributed by atoms with Gasteiger partial charge in [-0.2, -0.15) is 0 Å². The van der Waals surface area contributed by atoms with Crippen molar-refractivity contribution in [1.29, 1.82) is 0 Å². The molecule has 0 aromatic carbocycles. The third-order valence-corrected chi connectivity index (χ3v) is 4.80. The van der Waals surface area contributed by atoms with Gasteiger partial charge in [0.25, 0.3) is 0 Å². The van der Waals surface area contributed by atoms with E-state index in [2.05, 4.69) is 5.32 Å². The van der Waals surface area contributed by atoms with E-state index in [-0.39, 0.29) is 18.2 Å². The number of amides is 1. The van der Waals surface area contributed by atoms with Crippen LogP contribution in [0.15, 0.2) is 0 Å². The van der Waals surface area contributed by atoms with Crippen LogP contribution in [0.1, 0.15) is 6.92 Å². The van der Waals surface area contributed by atoms with Gasteiger partial charge in [-0.3, -0.25) is 4.79 Å². The van der Waals surface area contributed by atoms with Crippen molar-refractivity contribution in [3.8, 4) is 0 Å².